The molecule has 0 heterocycles. The first kappa shape index (κ1) is 30.1. The number of benzene rings is 4. The van der Waals surface area contributed by atoms with Gasteiger partial charge in [0.25, 0.3) is 0 Å². The predicted molar refractivity (Wildman–Crippen MR) is 167 cm³/mol. The van der Waals surface area contributed by atoms with Crippen LogP contribution in [0.15, 0.2) is 84.9 Å². The maximum absolute atomic E-state index is 9.97. The number of halogens is 2. The minimum atomic E-state index is -0.301. The van der Waals surface area contributed by atoms with Crippen molar-refractivity contribution in [3.63, 3.8) is 0 Å². The Morgan fingerprint density at radius 2 is 1.00 bits per heavy atom. The van der Waals surface area contributed by atoms with Crippen LogP contribution in [0, 0.1) is 0 Å². The number of hydrogen-bond donors (Lipinski definition) is 4. The van der Waals surface area contributed by atoms with Gasteiger partial charge in [0.1, 0.15) is 11.5 Å². The van der Waals surface area contributed by atoms with Crippen LogP contribution in [0.25, 0.3) is 12.2 Å². The van der Waals surface area contributed by atoms with Crippen LogP contribution < -0.4 is 9.47 Å². The summed E-state index contributed by atoms with van der Waals surface area (Å²) in [5.41, 5.74) is 3.01. The number of hydrogen-bond acceptors (Lipinski definition) is 7. The minimum absolute atomic E-state index is 0.203. The molecule has 0 amide bonds. The summed E-state index contributed by atoms with van der Waals surface area (Å²) < 4.78 is 10.7. The fourth-order valence-corrected chi connectivity index (χ4v) is 6.08. The molecule has 0 aromatic heterocycles. The Hall–Kier alpha value is -3.91. The van der Waals surface area contributed by atoms with E-state index in [9.17, 15) is 20.4 Å². The summed E-state index contributed by atoms with van der Waals surface area (Å²) in [6, 6.07) is 20.1. The maximum atomic E-state index is 9.97. The second-order valence-electron chi connectivity index (χ2n) is 8.97. The summed E-state index contributed by atoms with van der Waals surface area (Å²) in [7, 11) is 3.14. The van der Waals surface area contributed by atoms with Crippen molar-refractivity contribution in [2.75, 3.05) is 14.2 Å². The first-order valence-corrected chi connectivity index (χ1v) is 14.1. The Kier molecular flexibility index (Phi) is 10.00. The SMILES string of the molecule is COc1ccc(C(C=Cc2ccc(O)c(O)c2)SC(C=Cc2ccc(O)c(O)c2)c2ccc(OC)cc2Cl)c(Cl)c1. The van der Waals surface area contributed by atoms with Gasteiger partial charge >= 0.3 is 0 Å². The highest BCUT2D eigenvalue weighted by Gasteiger charge is 2.22. The largest absolute Gasteiger partial charge is 0.504 e. The highest BCUT2D eigenvalue weighted by Crippen LogP contribution is 2.47. The van der Waals surface area contributed by atoms with E-state index in [2.05, 4.69) is 0 Å². The zero-order valence-corrected chi connectivity index (χ0v) is 24.5. The van der Waals surface area contributed by atoms with Crippen LogP contribution in [0.1, 0.15) is 32.8 Å². The third-order valence-electron chi connectivity index (χ3n) is 6.25. The fourth-order valence-electron chi connectivity index (χ4n) is 4.02. The van der Waals surface area contributed by atoms with Crippen LogP contribution in [0.4, 0.5) is 0 Å². The molecule has 0 bridgehead atoms. The maximum Gasteiger partial charge on any atom is 0.157 e. The van der Waals surface area contributed by atoms with Crippen molar-refractivity contribution in [1.82, 2.24) is 0 Å². The third kappa shape index (κ3) is 7.64. The first-order valence-electron chi connectivity index (χ1n) is 12.4. The average molecular weight is 612 g/mol. The predicted octanol–water partition coefficient (Wildman–Crippen LogP) is 8.78. The number of aromatic hydroxyl groups is 4. The number of thioether (sulfide) groups is 1. The van der Waals surface area contributed by atoms with E-state index >= 15 is 0 Å². The van der Waals surface area contributed by atoms with Crippen LogP contribution in [0.5, 0.6) is 34.5 Å². The monoisotopic (exact) mass is 610 g/mol. The molecule has 9 heteroatoms. The lowest BCUT2D eigenvalue weighted by Gasteiger charge is -2.22. The van der Waals surface area contributed by atoms with Gasteiger partial charge in [-0.25, -0.2) is 0 Å². The van der Waals surface area contributed by atoms with Gasteiger partial charge in [-0.15, -0.1) is 11.8 Å². The molecule has 4 rings (SSSR count). The topological polar surface area (TPSA) is 99.4 Å². The van der Waals surface area contributed by atoms with Crippen molar-refractivity contribution in [2.45, 2.75) is 10.5 Å². The van der Waals surface area contributed by atoms with E-state index in [0.29, 0.717) is 32.7 Å². The standard InChI is InChI=1S/C32H28Cl2O6S/c1-39-21-7-9-23(25(33)17-21)31(13-5-19-3-11-27(35)29(37)15-19)41-32(24-10-8-22(40-2)18-26(24)34)14-6-20-4-12-28(36)30(38)16-20/h3-18,31-32,35-38H,1-2H3. The molecule has 0 fully saturated rings. The second kappa shape index (κ2) is 13.6. The zero-order valence-electron chi connectivity index (χ0n) is 22.2. The lowest BCUT2D eigenvalue weighted by Crippen LogP contribution is -1.99. The van der Waals surface area contributed by atoms with E-state index in [1.807, 2.05) is 48.6 Å². The van der Waals surface area contributed by atoms with Gasteiger partial charge < -0.3 is 29.9 Å². The molecule has 0 aliphatic heterocycles. The molecule has 0 saturated heterocycles. The van der Waals surface area contributed by atoms with Crippen molar-refractivity contribution in [1.29, 1.82) is 0 Å². The molecule has 2 unspecified atom stereocenters. The molecule has 4 N–H and O–H groups in total. The quantitative estimate of drug-likeness (QED) is 0.133. The fraction of sp³-hybridized carbons (Fsp3) is 0.125. The number of phenols is 4. The van der Waals surface area contributed by atoms with Crippen molar-refractivity contribution in [3.05, 3.63) is 117 Å². The molecular weight excluding hydrogens is 583 g/mol. The third-order valence-corrected chi connectivity index (χ3v) is 8.31. The Labute approximate surface area is 252 Å². The molecule has 0 aliphatic carbocycles. The van der Waals surface area contributed by atoms with E-state index in [0.717, 1.165) is 11.1 Å². The van der Waals surface area contributed by atoms with Gasteiger partial charge in [0.05, 0.1) is 24.7 Å². The van der Waals surface area contributed by atoms with Gasteiger partial charge in [-0.1, -0.05) is 71.8 Å². The van der Waals surface area contributed by atoms with Crippen LogP contribution >= 0.6 is 35.0 Å². The van der Waals surface area contributed by atoms with Crippen molar-refractivity contribution >= 4 is 47.1 Å². The summed E-state index contributed by atoms with van der Waals surface area (Å²) in [6.45, 7) is 0. The molecule has 4 aromatic carbocycles. The van der Waals surface area contributed by atoms with Crippen LogP contribution in [-0.4, -0.2) is 34.6 Å². The van der Waals surface area contributed by atoms with Crippen molar-refractivity contribution in [2.24, 2.45) is 0 Å². The highest BCUT2D eigenvalue weighted by molar-refractivity contribution is 8.00. The van der Waals surface area contributed by atoms with Gasteiger partial charge in [0.15, 0.2) is 23.0 Å². The Balaban J connectivity index is 1.78. The summed E-state index contributed by atoms with van der Waals surface area (Å²) >= 11 is 15.0. The van der Waals surface area contributed by atoms with Crippen LogP contribution in [0.2, 0.25) is 10.0 Å². The molecule has 2 atom stereocenters. The van der Waals surface area contributed by atoms with Gasteiger partial charge in [-0.05, 0) is 70.8 Å². The second-order valence-corrected chi connectivity index (χ2v) is 11.1. The van der Waals surface area contributed by atoms with Gasteiger partial charge in [-0.2, -0.15) is 0 Å². The number of rotatable bonds is 10. The van der Waals surface area contributed by atoms with E-state index in [4.69, 9.17) is 32.7 Å². The molecule has 0 spiro atoms. The molecule has 0 radical (unpaired) electrons. The van der Waals surface area contributed by atoms with Gasteiger partial charge in [-0.3, -0.25) is 0 Å². The Morgan fingerprint density at radius 3 is 1.34 bits per heavy atom. The van der Waals surface area contributed by atoms with Crippen LogP contribution in [0.3, 0.4) is 0 Å². The summed E-state index contributed by atoms with van der Waals surface area (Å²) in [6.07, 6.45) is 7.58. The molecule has 41 heavy (non-hydrogen) atoms. The van der Waals surface area contributed by atoms with E-state index < -0.39 is 0 Å². The zero-order chi connectivity index (χ0) is 29.5. The molecule has 6 nitrogen and oxygen atoms in total. The molecule has 4 aromatic rings. The van der Waals surface area contributed by atoms with Crippen LogP contribution in [-0.2, 0) is 0 Å². The smallest absolute Gasteiger partial charge is 0.157 e. The van der Waals surface area contributed by atoms with Gasteiger partial charge in [0, 0.05) is 10.0 Å². The van der Waals surface area contributed by atoms with Crippen molar-refractivity contribution < 1.29 is 29.9 Å². The normalized spacial score (nSPS) is 13.0. The summed E-state index contributed by atoms with van der Waals surface area (Å²) in [4.78, 5) is 0. The Morgan fingerprint density at radius 1 is 0.585 bits per heavy atom. The van der Waals surface area contributed by atoms with Crippen molar-refractivity contribution in [3.8, 4) is 34.5 Å². The van der Waals surface area contributed by atoms with E-state index in [1.54, 1.807) is 50.2 Å². The molecular formula is C32H28Cl2O6S. The first-order chi connectivity index (χ1) is 19.7. The Bertz CT molecular complexity index is 1470. The van der Waals surface area contributed by atoms with Gasteiger partial charge in [0.2, 0.25) is 0 Å². The number of phenolic OH excluding ortho intramolecular Hbond substituents is 4. The average Bonchev–Trinajstić information content (AvgIpc) is 2.96. The van der Waals surface area contributed by atoms with E-state index in [1.165, 1.54) is 24.3 Å². The molecule has 212 valence electrons. The highest BCUT2D eigenvalue weighted by atomic mass is 35.5. The molecule has 0 aliphatic rings. The lowest BCUT2D eigenvalue weighted by molar-refractivity contribution is 0.403. The number of methoxy groups -OCH3 is 2. The van der Waals surface area contributed by atoms with E-state index in [-0.39, 0.29) is 33.5 Å². The number of ether oxygens (including phenoxy) is 2. The molecule has 0 saturated carbocycles. The lowest BCUT2D eigenvalue weighted by atomic mass is 10.1. The summed E-state index contributed by atoms with van der Waals surface area (Å²) in [5.74, 6) is 0.397. The summed E-state index contributed by atoms with van der Waals surface area (Å²) in [5, 5.41) is 39.8. The minimum Gasteiger partial charge on any atom is -0.504 e.